The molecule has 0 bridgehead atoms. The van der Waals surface area contributed by atoms with Crippen LogP contribution in [-0.4, -0.2) is 39.3 Å². The summed E-state index contributed by atoms with van der Waals surface area (Å²) in [7, 11) is -3.24. The van der Waals surface area contributed by atoms with E-state index in [1.165, 1.54) is 12.3 Å². The number of benzene rings is 2. The predicted molar refractivity (Wildman–Crippen MR) is 129 cm³/mol. The van der Waals surface area contributed by atoms with E-state index in [9.17, 15) is 22.0 Å². The first-order valence-corrected chi connectivity index (χ1v) is 13.7. The van der Waals surface area contributed by atoms with Crippen molar-refractivity contribution in [2.45, 2.75) is 69.4 Å². The van der Waals surface area contributed by atoms with E-state index in [0.29, 0.717) is 18.6 Å². The van der Waals surface area contributed by atoms with E-state index in [1.807, 2.05) is 13.8 Å². The average Bonchev–Trinajstić information content (AvgIpc) is 2.79. The molecule has 3 rings (SSSR count). The highest BCUT2D eigenvalue weighted by Crippen LogP contribution is 2.28. The summed E-state index contributed by atoms with van der Waals surface area (Å²) >= 11 is 0. The van der Waals surface area contributed by atoms with Crippen molar-refractivity contribution >= 4 is 15.7 Å². The summed E-state index contributed by atoms with van der Waals surface area (Å²) < 4.78 is 61.2. The van der Waals surface area contributed by atoms with Crippen LogP contribution in [0.1, 0.15) is 52.4 Å². The van der Waals surface area contributed by atoms with E-state index in [-0.39, 0.29) is 35.3 Å². The molecule has 0 radical (unpaired) electrons. The second-order valence-electron chi connectivity index (χ2n) is 9.72. The van der Waals surface area contributed by atoms with Crippen LogP contribution in [0, 0.1) is 17.0 Å². The van der Waals surface area contributed by atoms with Crippen LogP contribution >= 0.6 is 0 Å². The molecule has 0 aromatic heterocycles. The summed E-state index contributed by atoms with van der Waals surface area (Å²) in [5.41, 5.74) is -0.612. The zero-order chi connectivity index (χ0) is 25.6. The van der Waals surface area contributed by atoms with Crippen molar-refractivity contribution in [3.63, 3.8) is 0 Å². The van der Waals surface area contributed by atoms with Gasteiger partial charge in [0.1, 0.15) is 11.6 Å². The van der Waals surface area contributed by atoms with Crippen LogP contribution in [0.2, 0.25) is 0 Å². The number of rotatable bonds is 10. The molecule has 0 unspecified atom stereocenters. The number of hydrogen-bond acceptors (Lipinski definition) is 5. The summed E-state index contributed by atoms with van der Waals surface area (Å²) in [5, 5.41) is 3.14. The lowest BCUT2D eigenvalue weighted by molar-refractivity contribution is -0.130. The summed E-state index contributed by atoms with van der Waals surface area (Å²) in [6.07, 6.45) is 5.46. The number of carbonyl (C=O) groups excluding carboxylic acids is 1. The Bertz CT molecular complexity index is 1110. The minimum Gasteiger partial charge on any atom is -0.491 e. The van der Waals surface area contributed by atoms with E-state index in [1.54, 1.807) is 24.3 Å². The van der Waals surface area contributed by atoms with Crippen LogP contribution in [0.25, 0.3) is 0 Å². The lowest BCUT2D eigenvalue weighted by Gasteiger charge is -2.32. The number of amides is 1. The number of hydrogen-bond donors (Lipinski definition) is 1. The third-order valence-electron chi connectivity index (χ3n) is 6.28. The van der Waals surface area contributed by atoms with E-state index in [0.717, 1.165) is 37.8 Å². The van der Waals surface area contributed by atoms with Gasteiger partial charge in [-0.15, -0.1) is 0 Å². The first kappa shape index (κ1) is 26.9. The Labute approximate surface area is 205 Å². The highest BCUT2D eigenvalue weighted by Gasteiger charge is 2.31. The molecule has 35 heavy (non-hydrogen) atoms. The Morgan fingerprint density at radius 3 is 2.31 bits per heavy atom. The van der Waals surface area contributed by atoms with Gasteiger partial charge in [0, 0.05) is 23.8 Å². The van der Waals surface area contributed by atoms with Crippen molar-refractivity contribution in [1.29, 1.82) is 0 Å². The van der Waals surface area contributed by atoms with E-state index in [2.05, 4.69) is 5.32 Å². The maximum absolute atomic E-state index is 13.6. The third kappa shape index (κ3) is 7.92. The molecule has 0 aliphatic heterocycles. The van der Waals surface area contributed by atoms with Gasteiger partial charge >= 0.3 is 0 Å². The van der Waals surface area contributed by atoms with Crippen molar-refractivity contribution in [2.75, 3.05) is 12.9 Å². The normalized spacial score (nSPS) is 18.7. The standard InChI is InChI=1S/C26H33F2NO5S/c1-26(2,15-4-16-33-24-14-5-18(27)17-23(24)28)25(30)29-19-6-8-20(9-7-19)34-21-10-12-22(13-11-21)35(3,31)32/h5,10-14,17,19-20H,4,6-9,15-16H2,1-3H3,(H,29,30). The van der Waals surface area contributed by atoms with Gasteiger partial charge in [-0.3, -0.25) is 4.79 Å². The Hall–Kier alpha value is -2.68. The molecule has 1 fully saturated rings. The summed E-state index contributed by atoms with van der Waals surface area (Å²) in [4.78, 5) is 13.1. The van der Waals surface area contributed by atoms with Crippen molar-refractivity contribution < 1.29 is 31.5 Å². The molecule has 1 saturated carbocycles. The topological polar surface area (TPSA) is 81.7 Å². The Morgan fingerprint density at radius 2 is 1.71 bits per heavy atom. The summed E-state index contributed by atoms with van der Waals surface area (Å²) in [5.74, 6) is -0.803. The second kappa shape index (κ2) is 11.4. The first-order valence-electron chi connectivity index (χ1n) is 11.8. The quantitative estimate of drug-likeness (QED) is 0.453. The first-order chi connectivity index (χ1) is 16.4. The van der Waals surface area contributed by atoms with Gasteiger partial charge in [0.25, 0.3) is 0 Å². The Kier molecular flexibility index (Phi) is 8.74. The fraction of sp³-hybridized carbons (Fsp3) is 0.500. The predicted octanol–water partition coefficient (Wildman–Crippen LogP) is 5.06. The van der Waals surface area contributed by atoms with Gasteiger partial charge in [-0.2, -0.15) is 0 Å². The SMILES string of the molecule is CC(C)(CCCOc1ccc(F)cc1F)C(=O)NC1CCC(Oc2ccc(S(C)(=O)=O)cc2)CC1. The number of halogens is 2. The van der Waals surface area contributed by atoms with E-state index >= 15 is 0 Å². The van der Waals surface area contributed by atoms with Crippen molar-refractivity contribution in [3.8, 4) is 11.5 Å². The maximum atomic E-state index is 13.6. The molecular formula is C26H33F2NO5S. The van der Waals surface area contributed by atoms with Gasteiger partial charge in [0.05, 0.1) is 17.6 Å². The largest absolute Gasteiger partial charge is 0.491 e. The van der Waals surface area contributed by atoms with Crippen LogP contribution in [0.15, 0.2) is 47.4 Å². The molecule has 1 amide bonds. The summed E-state index contributed by atoms with van der Waals surface area (Å²) in [6.45, 7) is 3.97. The number of nitrogens with one attached hydrogen (secondary N) is 1. The molecule has 192 valence electrons. The minimum absolute atomic E-state index is 0.000948. The molecule has 0 heterocycles. The fourth-order valence-corrected chi connectivity index (χ4v) is 4.70. The van der Waals surface area contributed by atoms with E-state index in [4.69, 9.17) is 9.47 Å². The van der Waals surface area contributed by atoms with Gasteiger partial charge in [0.2, 0.25) is 5.91 Å². The number of sulfone groups is 1. The van der Waals surface area contributed by atoms with Crippen molar-refractivity contribution in [1.82, 2.24) is 5.32 Å². The average molecular weight is 510 g/mol. The molecule has 0 spiro atoms. The Morgan fingerprint density at radius 1 is 1.06 bits per heavy atom. The lowest BCUT2D eigenvalue weighted by Crippen LogP contribution is -2.45. The molecule has 9 heteroatoms. The third-order valence-corrected chi connectivity index (χ3v) is 7.40. The van der Waals surface area contributed by atoms with Crippen molar-refractivity contribution in [2.24, 2.45) is 5.41 Å². The van der Waals surface area contributed by atoms with Crippen LogP contribution in [0.4, 0.5) is 8.78 Å². The molecule has 2 aromatic carbocycles. The van der Waals surface area contributed by atoms with Gasteiger partial charge in [0.15, 0.2) is 21.4 Å². The Balaban J connectivity index is 1.39. The maximum Gasteiger partial charge on any atom is 0.225 e. The molecule has 1 N–H and O–H groups in total. The zero-order valence-corrected chi connectivity index (χ0v) is 21.2. The summed E-state index contributed by atoms with van der Waals surface area (Å²) in [6, 6.07) is 9.67. The fourth-order valence-electron chi connectivity index (χ4n) is 4.07. The van der Waals surface area contributed by atoms with Crippen LogP contribution in [0.3, 0.4) is 0 Å². The highest BCUT2D eigenvalue weighted by molar-refractivity contribution is 7.90. The molecule has 2 aromatic rings. The monoisotopic (exact) mass is 509 g/mol. The van der Waals surface area contributed by atoms with Gasteiger partial charge in [-0.1, -0.05) is 13.8 Å². The zero-order valence-electron chi connectivity index (χ0n) is 20.4. The molecule has 0 saturated heterocycles. The smallest absolute Gasteiger partial charge is 0.225 e. The molecule has 0 atom stereocenters. The van der Waals surface area contributed by atoms with Crippen LogP contribution in [-0.2, 0) is 14.6 Å². The molecule has 1 aliphatic carbocycles. The second-order valence-corrected chi connectivity index (χ2v) is 11.7. The number of ether oxygens (including phenoxy) is 2. The molecule has 1 aliphatic rings. The molecular weight excluding hydrogens is 476 g/mol. The van der Waals surface area contributed by atoms with E-state index < -0.39 is 26.9 Å². The lowest BCUT2D eigenvalue weighted by atomic mass is 9.85. The molecule has 6 nitrogen and oxygen atoms in total. The highest BCUT2D eigenvalue weighted by atomic mass is 32.2. The van der Waals surface area contributed by atoms with Crippen LogP contribution < -0.4 is 14.8 Å². The van der Waals surface area contributed by atoms with Gasteiger partial charge in [-0.25, -0.2) is 17.2 Å². The van der Waals surface area contributed by atoms with Crippen LogP contribution in [0.5, 0.6) is 11.5 Å². The number of carbonyl (C=O) groups is 1. The minimum atomic E-state index is -3.24. The van der Waals surface area contributed by atoms with Crippen molar-refractivity contribution in [3.05, 3.63) is 54.1 Å². The van der Waals surface area contributed by atoms with Gasteiger partial charge in [-0.05, 0) is 74.9 Å². The van der Waals surface area contributed by atoms with Gasteiger partial charge < -0.3 is 14.8 Å².